The van der Waals surface area contributed by atoms with Crippen LogP contribution >= 0.6 is 0 Å². The van der Waals surface area contributed by atoms with Gasteiger partial charge in [-0.25, -0.2) is 0 Å². The van der Waals surface area contributed by atoms with Crippen molar-refractivity contribution >= 4 is 17.3 Å². The number of quaternary nitrogens is 1. The molecule has 1 fully saturated rings. The van der Waals surface area contributed by atoms with Gasteiger partial charge in [0.2, 0.25) is 0 Å². The molecule has 0 radical (unpaired) electrons. The third-order valence-electron chi connectivity index (χ3n) is 4.09. The lowest BCUT2D eigenvalue weighted by molar-refractivity contribution is -0.897. The standard InChI is InChI=1S/C15H21N3O3/c1-11-5-7-17(8-6-11)10-15(19)16-14-4-3-13(18(20)21)9-12(14)2/h3-4,9,11H,5-8,10H2,1-2H3,(H,16,19)/p+1. The van der Waals surface area contributed by atoms with Crippen molar-refractivity contribution in [1.82, 2.24) is 0 Å². The number of amides is 1. The number of carbonyl (C=O) groups excluding carboxylic acids is 1. The number of non-ortho nitro benzene ring substituents is 1. The highest BCUT2D eigenvalue weighted by atomic mass is 16.6. The Morgan fingerprint density at radius 2 is 2.10 bits per heavy atom. The van der Waals surface area contributed by atoms with Crippen LogP contribution in [0.3, 0.4) is 0 Å². The van der Waals surface area contributed by atoms with Crippen molar-refractivity contribution < 1.29 is 14.6 Å². The molecule has 0 aliphatic carbocycles. The average molecular weight is 292 g/mol. The summed E-state index contributed by atoms with van der Waals surface area (Å²) in [6, 6.07) is 4.49. The number of nitrogens with zero attached hydrogens (tertiary/aromatic N) is 1. The molecule has 1 saturated heterocycles. The number of carbonyl (C=O) groups is 1. The van der Waals surface area contributed by atoms with Gasteiger partial charge < -0.3 is 10.2 Å². The van der Waals surface area contributed by atoms with E-state index in [0.717, 1.165) is 19.0 Å². The molecule has 1 aromatic rings. The molecule has 0 spiro atoms. The molecule has 2 N–H and O–H groups in total. The molecule has 1 aliphatic heterocycles. The summed E-state index contributed by atoms with van der Waals surface area (Å²) < 4.78 is 0. The number of benzene rings is 1. The maximum Gasteiger partial charge on any atom is 0.279 e. The van der Waals surface area contributed by atoms with E-state index < -0.39 is 4.92 Å². The number of piperidine rings is 1. The Labute approximate surface area is 124 Å². The number of nitro groups is 1. The minimum Gasteiger partial charge on any atom is -0.327 e. The van der Waals surface area contributed by atoms with E-state index in [1.807, 2.05) is 0 Å². The van der Waals surface area contributed by atoms with E-state index in [2.05, 4.69) is 12.2 Å². The van der Waals surface area contributed by atoms with Gasteiger partial charge in [-0.05, 0) is 37.3 Å². The van der Waals surface area contributed by atoms with E-state index in [4.69, 9.17) is 0 Å². The van der Waals surface area contributed by atoms with Crippen molar-refractivity contribution in [1.29, 1.82) is 0 Å². The maximum absolute atomic E-state index is 12.1. The topological polar surface area (TPSA) is 76.7 Å². The van der Waals surface area contributed by atoms with Crippen LogP contribution in [-0.4, -0.2) is 30.5 Å². The zero-order valence-corrected chi connectivity index (χ0v) is 12.5. The van der Waals surface area contributed by atoms with Gasteiger partial charge in [0.1, 0.15) is 0 Å². The van der Waals surface area contributed by atoms with Crippen molar-refractivity contribution in [2.24, 2.45) is 5.92 Å². The number of aryl methyl sites for hydroxylation is 1. The molecule has 0 aromatic heterocycles. The van der Waals surface area contributed by atoms with Crippen LogP contribution in [0.5, 0.6) is 0 Å². The van der Waals surface area contributed by atoms with Gasteiger partial charge >= 0.3 is 0 Å². The van der Waals surface area contributed by atoms with Crippen molar-refractivity contribution in [3.05, 3.63) is 33.9 Å². The van der Waals surface area contributed by atoms with Crippen molar-refractivity contribution in [2.75, 3.05) is 25.0 Å². The summed E-state index contributed by atoms with van der Waals surface area (Å²) >= 11 is 0. The minimum absolute atomic E-state index is 0.0310. The minimum atomic E-state index is -0.433. The molecule has 1 heterocycles. The van der Waals surface area contributed by atoms with Crippen LogP contribution in [0.15, 0.2) is 18.2 Å². The van der Waals surface area contributed by atoms with Crippen LogP contribution in [0.25, 0.3) is 0 Å². The van der Waals surface area contributed by atoms with Gasteiger partial charge in [-0.15, -0.1) is 0 Å². The highest BCUT2D eigenvalue weighted by Crippen LogP contribution is 2.20. The predicted molar refractivity (Wildman–Crippen MR) is 80.4 cm³/mol. The van der Waals surface area contributed by atoms with Crippen LogP contribution in [0, 0.1) is 23.0 Å². The molecule has 114 valence electrons. The zero-order chi connectivity index (χ0) is 15.4. The van der Waals surface area contributed by atoms with Gasteiger partial charge in [0, 0.05) is 17.8 Å². The first kappa shape index (κ1) is 15.4. The first-order valence-electron chi connectivity index (χ1n) is 7.34. The van der Waals surface area contributed by atoms with Gasteiger partial charge in [0.05, 0.1) is 18.0 Å². The molecule has 0 unspecified atom stereocenters. The Balaban J connectivity index is 1.92. The molecule has 21 heavy (non-hydrogen) atoms. The van der Waals surface area contributed by atoms with Crippen LogP contribution in [-0.2, 0) is 4.79 Å². The summed E-state index contributed by atoms with van der Waals surface area (Å²) in [5.74, 6) is 0.727. The van der Waals surface area contributed by atoms with E-state index in [1.165, 1.54) is 29.9 Å². The number of likely N-dealkylation sites (tertiary alicyclic amines) is 1. The number of anilines is 1. The monoisotopic (exact) mass is 292 g/mol. The summed E-state index contributed by atoms with van der Waals surface area (Å²) in [6.45, 7) is 6.54. The van der Waals surface area contributed by atoms with Crippen LogP contribution in [0.1, 0.15) is 25.3 Å². The third kappa shape index (κ3) is 4.26. The Kier molecular flexibility index (Phi) is 4.90. The average Bonchev–Trinajstić information content (AvgIpc) is 2.43. The van der Waals surface area contributed by atoms with E-state index in [9.17, 15) is 14.9 Å². The lowest BCUT2D eigenvalue weighted by Crippen LogP contribution is -3.14. The van der Waals surface area contributed by atoms with Crippen molar-refractivity contribution in [2.45, 2.75) is 26.7 Å². The van der Waals surface area contributed by atoms with Crippen molar-refractivity contribution in [3.63, 3.8) is 0 Å². The smallest absolute Gasteiger partial charge is 0.279 e. The van der Waals surface area contributed by atoms with E-state index in [0.29, 0.717) is 17.8 Å². The second-order valence-electron chi connectivity index (χ2n) is 5.91. The highest BCUT2D eigenvalue weighted by molar-refractivity contribution is 5.92. The molecule has 1 aliphatic rings. The number of rotatable bonds is 4. The molecule has 1 amide bonds. The summed E-state index contributed by atoms with van der Waals surface area (Å²) in [5, 5.41) is 13.5. The lowest BCUT2D eigenvalue weighted by atomic mass is 9.99. The predicted octanol–water partition coefficient (Wildman–Crippen LogP) is 1.16. The fraction of sp³-hybridized carbons (Fsp3) is 0.533. The molecule has 0 atom stereocenters. The van der Waals surface area contributed by atoms with Gasteiger partial charge in [-0.1, -0.05) is 6.92 Å². The number of nitro benzene ring substituents is 1. The zero-order valence-electron chi connectivity index (χ0n) is 12.5. The fourth-order valence-corrected chi connectivity index (χ4v) is 2.67. The molecule has 6 nitrogen and oxygen atoms in total. The van der Waals surface area contributed by atoms with Gasteiger partial charge in [0.15, 0.2) is 6.54 Å². The second-order valence-corrected chi connectivity index (χ2v) is 5.91. The Bertz CT molecular complexity index is 537. The van der Waals surface area contributed by atoms with Gasteiger partial charge in [-0.2, -0.15) is 0 Å². The number of nitrogens with one attached hydrogen (secondary N) is 2. The largest absolute Gasteiger partial charge is 0.327 e. The molecule has 1 aromatic carbocycles. The lowest BCUT2D eigenvalue weighted by Gasteiger charge is -2.26. The van der Waals surface area contributed by atoms with Crippen molar-refractivity contribution in [3.8, 4) is 0 Å². The SMILES string of the molecule is Cc1cc([N+](=O)[O-])ccc1NC(=O)C[NH+]1CCC(C)CC1. The van der Waals surface area contributed by atoms with E-state index in [-0.39, 0.29) is 11.6 Å². The fourth-order valence-electron chi connectivity index (χ4n) is 2.67. The molecule has 0 saturated carbocycles. The quantitative estimate of drug-likeness (QED) is 0.646. The van der Waals surface area contributed by atoms with Gasteiger partial charge in [0.25, 0.3) is 11.6 Å². The summed E-state index contributed by atoms with van der Waals surface area (Å²) in [6.07, 6.45) is 2.33. The molecule has 0 bridgehead atoms. The number of hydrogen-bond acceptors (Lipinski definition) is 3. The van der Waals surface area contributed by atoms with Crippen LogP contribution < -0.4 is 10.2 Å². The molecular weight excluding hydrogens is 270 g/mol. The summed E-state index contributed by atoms with van der Waals surface area (Å²) in [5.41, 5.74) is 1.40. The highest BCUT2D eigenvalue weighted by Gasteiger charge is 2.21. The normalized spacial score (nSPS) is 21.8. The number of hydrogen-bond donors (Lipinski definition) is 2. The molecule has 6 heteroatoms. The van der Waals surface area contributed by atoms with E-state index >= 15 is 0 Å². The van der Waals surface area contributed by atoms with E-state index in [1.54, 1.807) is 13.0 Å². The van der Waals surface area contributed by atoms with Crippen LogP contribution in [0.4, 0.5) is 11.4 Å². The Morgan fingerprint density at radius 1 is 1.43 bits per heavy atom. The first-order valence-corrected chi connectivity index (χ1v) is 7.34. The first-order chi connectivity index (χ1) is 9.95. The third-order valence-corrected chi connectivity index (χ3v) is 4.09. The molecular formula is C15H22N3O3+. The Hall–Kier alpha value is -1.95. The second kappa shape index (κ2) is 6.67. The van der Waals surface area contributed by atoms with Crippen LogP contribution in [0.2, 0.25) is 0 Å². The van der Waals surface area contributed by atoms with Gasteiger partial charge in [-0.3, -0.25) is 14.9 Å². The summed E-state index contributed by atoms with van der Waals surface area (Å²) in [4.78, 5) is 23.6. The maximum atomic E-state index is 12.1. The Morgan fingerprint density at radius 3 is 2.67 bits per heavy atom. The molecule has 2 rings (SSSR count). The summed E-state index contributed by atoms with van der Waals surface area (Å²) in [7, 11) is 0.